The lowest BCUT2D eigenvalue weighted by Gasteiger charge is -2.04. The van der Waals surface area contributed by atoms with Crippen LogP contribution in [0.1, 0.15) is 5.56 Å². The minimum absolute atomic E-state index is 0.0312. The van der Waals surface area contributed by atoms with Gasteiger partial charge in [0, 0.05) is 29.3 Å². The predicted octanol–water partition coefficient (Wildman–Crippen LogP) is 0.878. The minimum Gasteiger partial charge on any atom is -0.329 e. The van der Waals surface area contributed by atoms with Crippen molar-refractivity contribution in [2.75, 3.05) is 6.54 Å². The largest absolute Gasteiger partial charge is 0.329 e. The fourth-order valence-electron chi connectivity index (χ4n) is 1.05. The van der Waals surface area contributed by atoms with E-state index in [1.54, 1.807) is 23.8 Å². The molecule has 0 unspecified atom stereocenters. The normalized spacial score (nSPS) is 10.2. The van der Waals surface area contributed by atoms with E-state index in [-0.39, 0.29) is 5.56 Å². The molecule has 3 nitrogen and oxygen atoms in total. The Bertz CT molecular complexity index is 332. The van der Waals surface area contributed by atoms with Gasteiger partial charge in [-0.25, -0.2) is 0 Å². The summed E-state index contributed by atoms with van der Waals surface area (Å²) in [6, 6.07) is 1.80. The SMILES string of the molecule is Cc1cc(Br)cn(CCN)c1=O. The molecular weight excluding hydrogens is 220 g/mol. The van der Waals surface area contributed by atoms with Crippen LogP contribution in [0.15, 0.2) is 21.5 Å². The fraction of sp³-hybridized carbons (Fsp3) is 0.375. The number of hydrogen-bond acceptors (Lipinski definition) is 2. The van der Waals surface area contributed by atoms with Crippen molar-refractivity contribution in [3.8, 4) is 0 Å². The van der Waals surface area contributed by atoms with E-state index in [4.69, 9.17) is 5.73 Å². The summed E-state index contributed by atoms with van der Waals surface area (Å²) in [4.78, 5) is 11.4. The summed E-state index contributed by atoms with van der Waals surface area (Å²) < 4.78 is 2.52. The highest BCUT2D eigenvalue weighted by molar-refractivity contribution is 9.10. The van der Waals surface area contributed by atoms with Crippen molar-refractivity contribution in [1.82, 2.24) is 4.57 Å². The first-order chi connectivity index (χ1) is 5.65. The second-order valence-corrected chi connectivity index (χ2v) is 3.54. The topological polar surface area (TPSA) is 48.0 Å². The van der Waals surface area contributed by atoms with Gasteiger partial charge in [-0.2, -0.15) is 0 Å². The summed E-state index contributed by atoms with van der Waals surface area (Å²) in [6.45, 7) is 2.84. The van der Waals surface area contributed by atoms with Gasteiger partial charge in [0.05, 0.1) is 0 Å². The molecular formula is C8H11BrN2O. The first kappa shape index (κ1) is 9.48. The van der Waals surface area contributed by atoms with Crippen LogP contribution in [0.5, 0.6) is 0 Å². The Balaban J connectivity index is 3.19. The molecule has 1 aromatic heterocycles. The molecule has 1 aromatic rings. The van der Waals surface area contributed by atoms with Crippen LogP contribution in [0, 0.1) is 6.92 Å². The van der Waals surface area contributed by atoms with Crippen LogP contribution < -0.4 is 11.3 Å². The molecule has 66 valence electrons. The van der Waals surface area contributed by atoms with Crippen molar-refractivity contribution in [1.29, 1.82) is 0 Å². The molecule has 0 fully saturated rings. The number of rotatable bonds is 2. The summed E-state index contributed by atoms with van der Waals surface area (Å²) in [7, 11) is 0. The van der Waals surface area contributed by atoms with Gasteiger partial charge in [-0.3, -0.25) is 4.79 Å². The summed E-state index contributed by atoms with van der Waals surface area (Å²) in [5, 5.41) is 0. The maximum Gasteiger partial charge on any atom is 0.253 e. The van der Waals surface area contributed by atoms with Crippen LogP contribution >= 0.6 is 15.9 Å². The molecule has 12 heavy (non-hydrogen) atoms. The van der Waals surface area contributed by atoms with Crippen molar-refractivity contribution < 1.29 is 0 Å². The molecule has 0 saturated heterocycles. The van der Waals surface area contributed by atoms with Gasteiger partial charge in [0.15, 0.2) is 0 Å². The number of hydrogen-bond donors (Lipinski definition) is 1. The third-order valence-electron chi connectivity index (χ3n) is 1.60. The molecule has 0 spiro atoms. The molecule has 0 aliphatic rings. The third kappa shape index (κ3) is 1.95. The molecule has 4 heteroatoms. The van der Waals surface area contributed by atoms with E-state index in [9.17, 15) is 4.79 Å². The second kappa shape index (κ2) is 3.87. The van der Waals surface area contributed by atoms with Crippen LogP contribution in [-0.2, 0) is 6.54 Å². The Morgan fingerprint density at radius 1 is 1.67 bits per heavy atom. The van der Waals surface area contributed by atoms with E-state index >= 15 is 0 Å². The highest BCUT2D eigenvalue weighted by Gasteiger charge is 1.99. The van der Waals surface area contributed by atoms with Crippen molar-refractivity contribution >= 4 is 15.9 Å². The summed E-state index contributed by atoms with van der Waals surface area (Å²) >= 11 is 3.32. The molecule has 0 aromatic carbocycles. The Hall–Kier alpha value is -0.610. The maximum atomic E-state index is 11.4. The number of aryl methyl sites for hydroxylation is 1. The van der Waals surface area contributed by atoms with Gasteiger partial charge < -0.3 is 10.3 Å². The van der Waals surface area contributed by atoms with Crippen LogP contribution in [0.3, 0.4) is 0 Å². The molecule has 0 aliphatic heterocycles. The molecule has 0 atom stereocenters. The minimum atomic E-state index is 0.0312. The highest BCUT2D eigenvalue weighted by atomic mass is 79.9. The molecule has 1 heterocycles. The van der Waals surface area contributed by atoms with Gasteiger partial charge in [0.2, 0.25) is 0 Å². The van der Waals surface area contributed by atoms with E-state index in [1.165, 1.54) is 0 Å². The number of pyridine rings is 1. The van der Waals surface area contributed by atoms with Crippen molar-refractivity contribution in [3.05, 3.63) is 32.7 Å². The lowest BCUT2D eigenvalue weighted by molar-refractivity contribution is 0.674. The average molecular weight is 231 g/mol. The Labute approximate surface area is 79.3 Å². The first-order valence-electron chi connectivity index (χ1n) is 3.72. The maximum absolute atomic E-state index is 11.4. The van der Waals surface area contributed by atoms with Crippen molar-refractivity contribution in [2.24, 2.45) is 5.73 Å². The summed E-state index contributed by atoms with van der Waals surface area (Å²) in [5.74, 6) is 0. The molecule has 2 N–H and O–H groups in total. The van der Waals surface area contributed by atoms with E-state index in [0.29, 0.717) is 13.1 Å². The monoisotopic (exact) mass is 230 g/mol. The Kier molecular flexibility index (Phi) is 3.05. The molecule has 0 saturated carbocycles. The van der Waals surface area contributed by atoms with E-state index in [1.807, 2.05) is 0 Å². The molecule has 1 rings (SSSR count). The quantitative estimate of drug-likeness (QED) is 0.821. The van der Waals surface area contributed by atoms with E-state index in [0.717, 1.165) is 10.0 Å². The average Bonchev–Trinajstić information content (AvgIpc) is 2.00. The van der Waals surface area contributed by atoms with Crippen LogP contribution in [0.25, 0.3) is 0 Å². The standard InChI is InChI=1S/C8H11BrN2O/c1-6-4-7(9)5-11(3-2-10)8(6)12/h4-5H,2-3,10H2,1H3. The molecule has 0 radical (unpaired) electrons. The highest BCUT2D eigenvalue weighted by Crippen LogP contribution is 2.07. The fourth-order valence-corrected chi connectivity index (χ4v) is 1.64. The summed E-state index contributed by atoms with van der Waals surface area (Å²) in [6.07, 6.45) is 1.75. The number of nitrogens with two attached hydrogens (primary N) is 1. The van der Waals surface area contributed by atoms with Gasteiger partial charge in [-0.1, -0.05) is 0 Å². The molecule has 0 amide bonds. The predicted molar refractivity (Wildman–Crippen MR) is 52.2 cm³/mol. The van der Waals surface area contributed by atoms with E-state index in [2.05, 4.69) is 15.9 Å². The van der Waals surface area contributed by atoms with Crippen LogP contribution in [0.4, 0.5) is 0 Å². The number of halogens is 1. The van der Waals surface area contributed by atoms with Crippen molar-refractivity contribution in [3.63, 3.8) is 0 Å². The van der Waals surface area contributed by atoms with Gasteiger partial charge in [0.1, 0.15) is 0 Å². The van der Waals surface area contributed by atoms with Gasteiger partial charge in [-0.15, -0.1) is 0 Å². The summed E-state index contributed by atoms with van der Waals surface area (Å²) in [5.41, 5.74) is 6.12. The second-order valence-electron chi connectivity index (χ2n) is 2.63. The van der Waals surface area contributed by atoms with Crippen LogP contribution in [-0.4, -0.2) is 11.1 Å². The Morgan fingerprint density at radius 3 is 2.92 bits per heavy atom. The zero-order chi connectivity index (χ0) is 9.14. The molecule has 0 bridgehead atoms. The Morgan fingerprint density at radius 2 is 2.33 bits per heavy atom. The third-order valence-corrected chi connectivity index (χ3v) is 2.04. The van der Waals surface area contributed by atoms with Gasteiger partial charge in [0.25, 0.3) is 5.56 Å². The smallest absolute Gasteiger partial charge is 0.253 e. The zero-order valence-electron chi connectivity index (χ0n) is 6.88. The first-order valence-corrected chi connectivity index (χ1v) is 4.51. The van der Waals surface area contributed by atoms with Gasteiger partial charge in [-0.05, 0) is 28.9 Å². The van der Waals surface area contributed by atoms with E-state index < -0.39 is 0 Å². The van der Waals surface area contributed by atoms with Gasteiger partial charge >= 0.3 is 0 Å². The number of nitrogens with zero attached hydrogens (tertiary/aromatic N) is 1. The lowest BCUT2D eigenvalue weighted by Crippen LogP contribution is -2.25. The zero-order valence-corrected chi connectivity index (χ0v) is 8.47. The van der Waals surface area contributed by atoms with Crippen molar-refractivity contribution in [2.45, 2.75) is 13.5 Å². The number of aromatic nitrogens is 1. The van der Waals surface area contributed by atoms with Crippen LogP contribution in [0.2, 0.25) is 0 Å². The lowest BCUT2D eigenvalue weighted by atomic mass is 10.3. The molecule has 0 aliphatic carbocycles.